The Bertz CT molecular complexity index is 606. The van der Waals surface area contributed by atoms with Gasteiger partial charge in [0.15, 0.2) is 0 Å². The molecule has 4 nitrogen and oxygen atoms in total. The van der Waals surface area contributed by atoms with E-state index in [4.69, 9.17) is 0 Å². The number of hydrogen-bond donors (Lipinski definition) is 2. The summed E-state index contributed by atoms with van der Waals surface area (Å²) in [7, 11) is 0. The van der Waals surface area contributed by atoms with Gasteiger partial charge in [-0.2, -0.15) is 0 Å². The normalized spacial score (nSPS) is 10.2. The molecule has 2 N–H and O–H groups in total. The highest BCUT2D eigenvalue weighted by Gasteiger charge is 2.08. The molecular formula is C17H20N2O2S. The van der Waals surface area contributed by atoms with E-state index in [9.17, 15) is 9.59 Å². The van der Waals surface area contributed by atoms with E-state index in [1.807, 2.05) is 11.4 Å². The van der Waals surface area contributed by atoms with Crippen LogP contribution >= 0.6 is 11.3 Å². The van der Waals surface area contributed by atoms with Crippen molar-refractivity contribution in [2.24, 2.45) is 0 Å². The van der Waals surface area contributed by atoms with Crippen LogP contribution in [0.5, 0.6) is 0 Å². The van der Waals surface area contributed by atoms with Crippen molar-refractivity contribution in [3.63, 3.8) is 0 Å². The molecule has 1 heterocycles. The van der Waals surface area contributed by atoms with Gasteiger partial charge in [0, 0.05) is 17.8 Å². The molecule has 22 heavy (non-hydrogen) atoms. The summed E-state index contributed by atoms with van der Waals surface area (Å²) in [5, 5.41) is 7.56. The lowest BCUT2D eigenvalue weighted by molar-refractivity contribution is 0.0952. The third-order valence-corrected chi connectivity index (χ3v) is 4.08. The van der Waals surface area contributed by atoms with Gasteiger partial charge in [-0.1, -0.05) is 25.8 Å². The zero-order valence-electron chi connectivity index (χ0n) is 12.6. The molecule has 0 radical (unpaired) electrons. The first-order valence-corrected chi connectivity index (χ1v) is 8.32. The SMILES string of the molecule is CCCCCNC(=O)c1ccc(NC(=O)c2cccs2)cc1. The van der Waals surface area contributed by atoms with Crippen molar-refractivity contribution < 1.29 is 9.59 Å². The predicted octanol–water partition coefficient (Wildman–Crippen LogP) is 3.92. The Hall–Kier alpha value is -2.14. The van der Waals surface area contributed by atoms with Crippen molar-refractivity contribution in [1.29, 1.82) is 0 Å². The fourth-order valence-electron chi connectivity index (χ4n) is 1.98. The van der Waals surface area contributed by atoms with Crippen molar-refractivity contribution in [3.05, 3.63) is 52.2 Å². The fraction of sp³-hybridized carbons (Fsp3) is 0.294. The number of anilines is 1. The first kappa shape index (κ1) is 16.2. The molecule has 0 aliphatic carbocycles. The number of carbonyl (C=O) groups excluding carboxylic acids is 2. The van der Waals surface area contributed by atoms with Crippen molar-refractivity contribution in [3.8, 4) is 0 Å². The fourth-order valence-corrected chi connectivity index (χ4v) is 2.60. The highest BCUT2D eigenvalue weighted by Crippen LogP contribution is 2.14. The Morgan fingerprint density at radius 1 is 1.05 bits per heavy atom. The van der Waals surface area contributed by atoms with Crippen LogP contribution in [-0.4, -0.2) is 18.4 Å². The maximum atomic E-state index is 11.9. The molecule has 0 saturated heterocycles. The molecule has 0 fully saturated rings. The van der Waals surface area contributed by atoms with Gasteiger partial charge in [0.1, 0.15) is 0 Å². The molecule has 2 amide bonds. The van der Waals surface area contributed by atoms with E-state index in [2.05, 4.69) is 17.6 Å². The predicted molar refractivity (Wildman–Crippen MR) is 90.6 cm³/mol. The van der Waals surface area contributed by atoms with Gasteiger partial charge in [0.05, 0.1) is 4.88 Å². The summed E-state index contributed by atoms with van der Waals surface area (Å²) < 4.78 is 0. The Kier molecular flexibility index (Phi) is 6.15. The van der Waals surface area contributed by atoms with Crippen molar-refractivity contribution in [2.45, 2.75) is 26.2 Å². The zero-order chi connectivity index (χ0) is 15.8. The third kappa shape index (κ3) is 4.70. The van der Waals surface area contributed by atoms with Gasteiger partial charge in [0.2, 0.25) is 0 Å². The van der Waals surface area contributed by atoms with E-state index >= 15 is 0 Å². The quantitative estimate of drug-likeness (QED) is 0.761. The molecule has 0 atom stereocenters. The number of carbonyl (C=O) groups is 2. The number of thiophene rings is 1. The van der Waals surface area contributed by atoms with Crippen molar-refractivity contribution in [1.82, 2.24) is 5.32 Å². The summed E-state index contributed by atoms with van der Waals surface area (Å²) in [6.07, 6.45) is 3.25. The van der Waals surface area contributed by atoms with E-state index in [1.165, 1.54) is 11.3 Å². The summed E-state index contributed by atoms with van der Waals surface area (Å²) in [6.45, 7) is 2.83. The average molecular weight is 316 g/mol. The lowest BCUT2D eigenvalue weighted by atomic mass is 10.2. The van der Waals surface area contributed by atoms with E-state index in [-0.39, 0.29) is 11.8 Å². The average Bonchev–Trinajstić information content (AvgIpc) is 3.06. The standard InChI is InChI=1S/C17H20N2O2S/c1-2-3-4-11-18-16(20)13-7-9-14(10-8-13)19-17(21)15-6-5-12-22-15/h5-10,12H,2-4,11H2,1H3,(H,18,20)(H,19,21). The largest absolute Gasteiger partial charge is 0.352 e. The molecule has 0 aliphatic rings. The van der Waals surface area contributed by atoms with Gasteiger partial charge in [0.25, 0.3) is 11.8 Å². The number of benzene rings is 1. The first-order chi connectivity index (χ1) is 10.7. The minimum atomic E-state index is -0.133. The number of rotatable bonds is 7. The molecule has 0 aliphatic heterocycles. The van der Waals surface area contributed by atoms with Crippen LogP contribution in [0.15, 0.2) is 41.8 Å². The number of nitrogens with one attached hydrogen (secondary N) is 2. The van der Waals surface area contributed by atoms with Crippen LogP contribution in [0.25, 0.3) is 0 Å². The molecule has 1 aromatic heterocycles. The summed E-state index contributed by atoms with van der Waals surface area (Å²) >= 11 is 1.40. The molecule has 0 spiro atoms. The van der Waals surface area contributed by atoms with E-state index in [1.54, 1.807) is 30.3 Å². The van der Waals surface area contributed by atoms with Gasteiger partial charge < -0.3 is 10.6 Å². The Morgan fingerprint density at radius 3 is 2.45 bits per heavy atom. The number of hydrogen-bond acceptors (Lipinski definition) is 3. The van der Waals surface area contributed by atoms with Crippen LogP contribution in [0.2, 0.25) is 0 Å². The lowest BCUT2D eigenvalue weighted by Crippen LogP contribution is -2.24. The van der Waals surface area contributed by atoms with Crippen LogP contribution in [0.1, 0.15) is 46.2 Å². The summed E-state index contributed by atoms with van der Waals surface area (Å²) in [5.41, 5.74) is 1.28. The van der Waals surface area contributed by atoms with E-state index < -0.39 is 0 Å². The zero-order valence-corrected chi connectivity index (χ0v) is 13.4. The molecule has 1 aromatic carbocycles. The molecule has 0 bridgehead atoms. The molecular weight excluding hydrogens is 296 g/mol. The number of amides is 2. The van der Waals surface area contributed by atoms with Crippen LogP contribution in [0, 0.1) is 0 Å². The maximum Gasteiger partial charge on any atom is 0.265 e. The van der Waals surface area contributed by atoms with E-state index in [0.717, 1.165) is 19.3 Å². The minimum Gasteiger partial charge on any atom is -0.352 e. The number of unbranched alkanes of at least 4 members (excludes halogenated alkanes) is 2. The van der Waals surface area contributed by atoms with Crippen LogP contribution in [0.3, 0.4) is 0 Å². The summed E-state index contributed by atoms with van der Waals surface area (Å²) in [4.78, 5) is 24.5. The Labute approximate surface area is 134 Å². The molecule has 5 heteroatoms. The Morgan fingerprint density at radius 2 is 1.82 bits per heavy atom. The lowest BCUT2D eigenvalue weighted by Gasteiger charge is -2.07. The third-order valence-electron chi connectivity index (χ3n) is 3.22. The molecule has 2 rings (SSSR count). The van der Waals surface area contributed by atoms with Gasteiger partial charge >= 0.3 is 0 Å². The Balaban J connectivity index is 1.87. The van der Waals surface area contributed by atoms with E-state index in [0.29, 0.717) is 22.7 Å². The van der Waals surface area contributed by atoms with Crippen LogP contribution in [0.4, 0.5) is 5.69 Å². The molecule has 2 aromatic rings. The minimum absolute atomic E-state index is 0.0766. The molecule has 116 valence electrons. The van der Waals surface area contributed by atoms with Gasteiger partial charge in [-0.05, 0) is 42.1 Å². The summed E-state index contributed by atoms with van der Waals surface area (Å²) in [6, 6.07) is 10.5. The van der Waals surface area contributed by atoms with Gasteiger partial charge in [-0.25, -0.2) is 0 Å². The van der Waals surface area contributed by atoms with Gasteiger partial charge in [-0.15, -0.1) is 11.3 Å². The second kappa shape index (κ2) is 8.34. The monoisotopic (exact) mass is 316 g/mol. The second-order valence-electron chi connectivity index (χ2n) is 4.97. The second-order valence-corrected chi connectivity index (χ2v) is 5.92. The van der Waals surface area contributed by atoms with Crippen molar-refractivity contribution in [2.75, 3.05) is 11.9 Å². The highest BCUT2D eigenvalue weighted by molar-refractivity contribution is 7.12. The highest BCUT2D eigenvalue weighted by atomic mass is 32.1. The molecule has 0 saturated carbocycles. The van der Waals surface area contributed by atoms with Crippen LogP contribution in [-0.2, 0) is 0 Å². The summed E-state index contributed by atoms with van der Waals surface area (Å²) in [5.74, 6) is -0.209. The maximum absolute atomic E-state index is 11.9. The van der Waals surface area contributed by atoms with Crippen molar-refractivity contribution >= 4 is 28.8 Å². The van der Waals surface area contributed by atoms with Gasteiger partial charge in [-0.3, -0.25) is 9.59 Å². The van der Waals surface area contributed by atoms with Crippen LogP contribution < -0.4 is 10.6 Å². The molecule has 0 unspecified atom stereocenters. The first-order valence-electron chi connectivity index (χ1n) is 7.44. The smallest absolute Gasteiger partial charge is 0.265 e. The topological polar surface area (TPSA) is 58.2 Å².